The lowest BCUT2D eigenvalue weighted by atomic mass is 10.2. The largest absolute Gasteiger partial charge is 0.494 e. The first-order chi connectivity index (χ1) is 10.8. The molecule has 118 valence electrons. The highest BCUT2D eigenvalue weighted by atomic mass is 32.2. The van der Waals surface area contributed by atoms with Gasteiger partial charge in [-0.15, -0.1) is 23.5 Å². The highest BCUT2D eigenvalue weighted by Crippen LogP contribution is 2.27. The minimum absolute atomic E-state index is 0.779. The van der Waals surface area contributed by atoms with Crippen LogP contribution in [0, 0.1) is 6.92 Å². The van der Waals surface area contributed by atoms with Crippen molar-refractivity contribution in [2.45, 2.75) is 36.5 Å². The van der Waals surface area contributed by atoms with Gasteiger partial charge < -0.3 is 4.74 Å². The quantitative estimate of drug-likeness (QED) is 0.408. The first-order valence-electron chi connectivity index (χ1n) is 7.83. The van der Waals surface area contributed by atoms with Gasteiger partial charge in [0.2, 0.25) is 0 Å². The van der Waals surface area contributed by atoms with E-state index in [4.69, 9.17) is 4.74 Å². The molecule has 2 rings (SSSR count). The Labute approximate surface area is 142 Å². The lowest BCUT2D eigenvalue weighted by Gasteiger charge is -2.10. The molecular formula is C19H24OS2. The predicted molar refractivity (Wildman–Crippen MR) is 99.5 cm³/mol. The second-order valence-corrected chi connectivity index (χ2v) is 7.44. The standard InChI is InChI=1S/C19H24OS2/c1-3-13-22-19-15-17(11-10-16(19)2)20-12-7-14-21-18-8-5-4-6-9-18/h4-6,8-11,15H,3,7,12-14H2,1-2H3. The number of ether oxygens (including phenoxy) is 1. The van der Waals surface area contributed by atoms with Crippen molar-refractivity contribution in [2.24, 2.45) is 0 Å². The molecule has 0 saturated heterocycles. The smallest absolute Gasteiger partial charge is 0.120 e. The summed E-state index contributed by atoms with van der Waals surface area (Å²) in [7, 11) is 0. The second kappa shape index (κ2) is 9.86. The van der Waals surface area contributed by atoms with Gasteiger partial charge in [-0.05, 0) is 55.3 Å². The molecule has 0 spiro atoms. The zero-order valence-corrected chi connectivity index (χ0v) is 15.0. The van der Waals surface area contributed by atoms with E-state index in [1.165, 1.54) is 21.8 Å². The van der Waals surface area contributed by atoms with Gasteiger partial charge in [0, 0.05) is 15.5 Å². The molecule has 0 aliphatic rings. The lowest BCUT2D eigenvalue weighted by molar-refractivity contribution is 0.318. The van der Waals surface area contributed by atoms with E-state index in [1.807, 2.05) is 23.5 Å². The van der Waals surface area contributed by atoms with Crippen LogP contribution in [0.2, 0.25) is 0 Å². The average Bonchev–Trinajstić information content (AvgIpc) is 2.55. The van der Waals surface area contributed by atoms with Crippen LogP contribution >= 0.6 is 23.5 Å². The van der Waals surface area contributed by atoms with E-state index in [0.29, 0.717) is 0 Å². The summed E-state index contributed by atoms with van der Waals surface area (Å²) in [6.45, 7) is 5.16. The second-order valence-electron chi connectivity index (χ2n) is 5.14. The predicted octanol–water partition coefficient (Wildman–Crippen LogP) is 6.06. The molecule has 0 aromatic heterocycles. The number of hydrogen-bond donors (Lipinski definition) is 0. The summed E-state index contributed by atoms with van der Waals surface area (Å²) in [5.74, 6) is 3.25. The molecule has 2 aromatic carbocycles. The van der Waals surface area contributed by atoms with Crippen LogP contribution in [0.15, 0.2) is 58.3 Å². The number of benzene rings is 2. The van der Waals surface area contributed by atoms with Crippen molar-refractivity contribution in [1.82, 2.24) is 0 Å². The van der Waals surface area contributed by atoms with Crippen molar-refractivity contribution in [3.05, 3.63) is 54.1 Å². The van der Waals surface area contributed by atoms with Crippen molar-refractivity contribution in [3.63, 3.8) is 0 Å². The maximum atomic E-state index is 5.89. The summed E-state index contributed by atoms with van der Waals surface area (Å²) in [4.78, 5) is 2.68. The molecule has 0 aliphatic carbocycles. The molecule has 0 fully saturated rings. The van der Waals surface area contributed by atoms with E-state index in [9.17, 15) is 0 Å². The van der Waals surface area contributed by atoms with Crippen LogP contribution < -0.4 is 4.74 Å². The van der Waals surface area contributed by atoms with Gasteiger partial charge in [0.25, 0.3) is 0 Å². The van der Waals surface area contributed by atoms with E-state index in [-0.39, 0.29) is 0 Å². The van der Waals surface area contributed by atoms with E-state index in [2.05, 4.69) is 62.4 Å². The molecule has 0 amide bonds. The molecule has 0 atom stereocenters. The van der Waals surface area contributed by atoms with Gasteiger partial charge in [0.15, 0.2) is 0 Å². The summed E-state index contributed by atoms with van der Waals surface area (Å²) in [5, 5.41) is 0. The molecule has 0 radical (unpaired) electrons. The summed E-state index contributed by atoms with van der Waals surface area (Å²) in [6, 6.07) is 17.0. The molecule has 2 aromatic rings. The molecule has 3 heteroatoms. The van der Waals surface area contributed by atoms with Crippen LogP contribution in [0.1, 0.15) is 25.3 Å². The first-order valence-corrected chi connectivity index (χ1v) is 9.81. The van der Waals surface area contributed by atoms with E-state index in [0.717, 1.165) is 30.3 Å². The molecule has 1 nitrogen and oxygen atoms in total. The fourth-order valence-electron chi connectivity index (χ4n) is 1.99. The monoisotopic (exact) mass is 332 g/mol. The zero-order chi connectivity index (χ0) is 15.6. The minimum atomic E-state index is 0.779. The Kier molecular flexibility index (Phi) is 7.75. The van der Waals surface area contributed by atoms with Gasteiger partial charge in [-0.2, -0.15) is 0 Å². The molecule has 22 heavy (non-hydrogen) atoms. The third-order valence-corrected chi connectivity index (χ3v) is 5.65. The average molecular weight is 333 g/mol. The van der Waals surface area contributed by atoms with Crippen LogP contribution in [0.4, 0.5) is 0 Å². The van der Waals surface area contributed by atoms with E-state index >= 15 is 0 Å². The Morgan fingerprint density at radius 3 is 2.55 bits per heavy atom. The molecule has 0 bridgehead atoms. The minimum Gasteiger partial charge on any atom is -0.494 e. The highest BCUT2D eigenvalue weighted by molar-refractivity contribution is 7.99. The Balaban J connectivity index is 1.72. The van der Waals surface area contributed by atoms with Gasteiger partial charge in [-0.1, -0.05) is 31.2 Å². The summed E-state index contributed by atoms with van der Waals surface area (Å²) in [5.41, 5.74) is 1.34. The van der Waals surface area contributed by atoms with Gasteiger partial charge in [0.05, 0.1) is 6.61 Å². The fourth-order valence-corrected chi connectivity index (χ4v) is 3.76. The summed E-state index contributed by atoms with van der Waals surface area (Å²) < 4.78 is 5.89. The zero-order valence-electron chi connectivity index (χ0n) is 13.4. The molecule has 0 N–H and O–H groups in total. The van der Waals surface area contributed by atoms with Crippen molar-refractivity contribution in [3.8, 4) is 5.75 Å². The van der Waals surface area contributed by atoms with Gasteiger partial charge in [-0.3, -0.25) is 0 Å². The maximum absolute atomic E-state index is 5.89. The van der Waals surface area contributed by atoms with Gasteiger partial charge >= 0.3 is 0 Å². The van der Waals surface area contributed by atoms with Crippen molar-refractivity contribution in [2.75, 3.05) is 18.1 Å². The highest BCUT2D eigenvalue weighted by Gasteiger charge is 2.02. The molecule has 0 aliphatic heterocycles. The molecule has 0 saturated carbocycles. The van der Waals surface area contributed by atoms with Crippen LogP contribution in [-0.4, -0.2) is 18.1 Å². The number of thioether (sulfide) groups is 2. The van der Waals surface area contributed by atoms with Crippen LogP contribution in [0.3, 0.4) is 0 Å². The van der Waals surface area contributed by atoms with Crippen molar-refractivity contribution >= 4 is 23.5 Å². The fraction of sp³-hybridized carbons (Fsp3) is 0.368. The van der Waals surface area contributed by atoms with Gasteiger partial charge in [0.1, 0.15) is 5.75 Å². The van der Waals surface area contributed by atoms with Crippen molar-refractivity contribution < 1.29 is 4.74 Å². The summed E-state index contributed by atoms with van der Waals surface area (Å²) in [6.07, 6.45) is 2.26. The Morgan fingerprint density at radius 1 is 0.955 bits per heavy atom. The van der Waals surface area contributed by atoms with E-state index < -0.39 is 0 Å². The van der Waals surface area contributed by atoms with Crippen molar-refractivity contribution in [1.29, 1.82) is 0 Å². The molecular weight excluding hydrogens is 308 g/mol. The van der Waals surface area contributed by atoms with Crippen LogP contribution in [0.5, 0.6) is 5.75 Å². The van der Waals surface area contributed by atoms with E-state index in [1.54, 1.807) is 0 Å². The van der Waals surface area contributed by atoms with Gasteiger partial charge in [-0.25, -0.2) is 0 Å². The Hall–Kier alpha value is -1.06. The third-order valence-electron chi connectivity index (χ3n) is 3.19. The Morgan fingerprint density at radius 2 is 1.77 bits per heavy atom. The normalized spacial score (nSPS) is 10.6. The van der Waals surface area contributed by atoms with Crippen LogP contribution in [0.25, 0.3) is 0 Å². The maximum Gasteiger partial charge on any atom is 0.120 e. The van der Waals surface area contributed by atoms with Crippen LogP contribution in [-0.2, 0) is 0 Å². The first kappa shape index (κ1) is 17.3. The lowest BCUT2D eigenvalue weighted by Crippen LogP contribution is -1.99. The Bertz CT molecular complexity index is 555. The molecule has 0 unspecified atom stereocenters. The number of aryl methyl sites for hydroxylation is 1. The third kappa shape index (κ3) is 5.98. The molecule has 0 heterocycles. The number of rotatable bonds is 9. The number of hydrogen-bond acceptors (Lipinski definition) is 3. The topological polar surface area (TPSA) is 9.23 Å². The summed E-state index contributed by atoms with van der Waals surface area (Å²) >= 11 is 3.81. The SMILES string of the molecule is CCCSc1cc(OCCCSc2ccccc2)ccc1C.